The Kier molecular flexibility index (Phi) is 2.18. The minimum Gasteiger partial charge on any atom is -0.325 e. The van der Waals surface area contributed by atoms with Gasteiger partial charge >= 0.3 is 0 Å². The number of halogens is 2. The van der Waals surface area contributed by atoms with E-state index >= 15 is 0 Å². The first-order valence-electron chi connectivity index (χ1n) is 2.73. The molecule has 1 aromatic heterocycles. The van der Waals surface area contributed by atoms with Crippen LogP contribution in [0.4, 0.5) is 0 Å². The topological polar surface area (TPSA) is 43.8 Å². The van der Waals surface area contributed by atoms with E-state index in [0.29, 0.717) is 22.4 Å². The highest BCUT2D eigenvalue weighted by molar-refractivity contribution is 6.41. The lowest BCUT2D eigenvalue weighted by Crippen LogP contribution is -1.98. The predicted octanol–water partition coefficient (Wildman–Crippen LogP) is 1.19. The SMILES string of the molecule is Cn1nc(CN)c(Cl)c1Cl. The smallest absolute Gasteiger partial charge is 0.145 e. The zero-order valence-electron chi connectivity index (χ0n) is 5.43. The highest BCUT2D eigenvalue weighted by Gasteiger charge is 2.09. The summed E-state index contributed by atoms with van der Waals surface area (Å²) >= 11 is 11.4. The van der Waals surface area contributed by atoms with Crippen LogP contribution in [0.3, 0.4) is 0 Å². The quantitative estimate of drug-likeness (QED) is 0.705. The van der Waals surface area contributed by atoms with Gasteiger partial charge in [0.15, 0.2) is 0 Å². The van der Waals surface area contributed by atoms with Gasteiger partial charge in [0.2, 0.25) is 0 Å². The van der Waals surface area contributed by atoms with Gasteiger partial charge in [-0.3, -0.25) is 4.68 Å². The van der Waals surface area contributed by atoms with E-state index in [1.807, 2.05) is 0 Å². The van der Waals surface area contributed by atoms with E-state index in [4.69, 9.17) is 28.9 Å². The van der Waals surface area contributed by atoms with Crippen molar-refractivity contribution < 1.29 is 0 Å². The molecule has 0 radical (unpaired) electrons. The van der Waals surface area contributed by atoms with E-state index in [1.54, 1.807) is 7.05 Å². The molecule has 5 heteroatoms. The van der Waals surface area contributed by atoms with E-state index in [-0.39, 0.29) is 0 Å². The van der Waals surface area contributed by atoms with Crippen LogP contribution in [-0.4, -0.2) is 9.78 Å². The number of rotatable bonds is 1. The highest BCUT2D eigenvalue weighted by atomic mass is 35.5. The average molecular weight is 180 g/mol. The molecular weight excluding hydrogens is 173 g/mol. The summed E-state index contributed by atoms with van der Waals surface area (Å²) in [6, 6.07) is 0. The fourth-order valence-corrected chi connectivity index (χ4v) is 1.04. The summed E-state index contributed by atoms with van der Waals surface area (Å²) < 4.78 is 1.49. The first-order valence-corrected chi connectivity index (χ1v) is 3.49. The molecule has 1 aromatic rings. The molecule has 0 unspecified atom stereocenters. The lowest BCUT2D eigenvalue weighted by molar-refractivity contribution is 0.743. The molecular formula is C5H7Cl2N3. The van der Waals surface area contributed by atoms with Crippen molar-refractivity contribution in [3.63, 3.8) is 0 Å². The summed E-state index contributed by atoms with van der Waals surface area (Å²) in [5.74, 6) is 0. The van der Waals surface area contributed by atoms with Gasteiger partial charge in [0.25, 0.3) is 0 Å². The molecule has 0 fully saturated rings. The van der Waals surface area contributed by atoms with Crippen molar-refractivity contribution in [1.29, 1.82) is 0 Å². The van der Waals surface area contributed by atoms with E-state index in [9.17, 15) is 0 Å². The summed E-state index contributed by atoms with van der Waals surface area (Å²) in [4.78, 5) is 0. The molecule has 56 valence electrons. The molecule has 0 aromatic carbocycles. The molecule has 0 aliphatic rings. The highest BCUT2D eigenvalue weighted by Crippen LogP contribution is 2.23. The van der Waals surface area contributed by atoms with E-state index in [1.165, 1.54) is 4.68 Å². The second-order valence-corrected chi connectivity index (χ2v) is 2.62. The van der Waals surface area contributed by atoms with Crippen molar-refractivity contribution in [2.75, 3.05) is 0 Å². The van der Waals surface area contributed by atoms with Crippen molar-refractivity contribution in [2.24, 2.45) is 12.8 Å². The second-order valence-electron chi connectivity index (χ2n) is 1.88. The Bertz CT molecular complexity index is 243. The van der Waals surface area contributed by atoms with Gasteiger partial charge in [-0.1, -0.05) is 23.2 Å². The maximum absolute atomic E-state index is 5.72. The zero-order chi connectivity index (χ0) is 7.72. The zero-order valence-corrected chi connectivity index (χ0v) is 6.95. The van der Waals surface area contributed by atoms with Crippen LogP contribution in [0.25, 0.3) is 0 Å². The third kappa shape index (κ3) is 1.12. The van der Waals surface area contributed by atoms with Crippen LogP contribution >= 0.6 is 23.2 Å². The number of nitrogens with two attached hydrogens (primary N) is 1. The van der Waals surface area contributed by atoms with Crippen LogP contribution in [-0.2, 0) is 13.6 Å². The molecule has 0 bridgehead atoms. The van der Waals surface area contributed by atoms with Crippen LogP contribution in [0.15, 0.2) is 0 Å². The van der Waals surface area contributed by atoms with Gasteiger partial charge in [0, 0.05) is 13.6 Å². The number of hydrogen-bond donors (Lipinski definition) is 1. The lowest BCUT2D eigenvalue weighted by Gasteiger charge is -1.86. The molecule has 1 heterocycles. The maximum atomic E-state index is 5.72. The number of hydrogen-bond acceptors (Lipinski definition) is 2. The van der Waals surface area contributed by atoms with E-state index in [0.717, 1.165) is 0 Å². The fourth-order valence-electron chi connectivity index (χ4n) is 0.660. The first kappa shape index (κ1) is 7.85. The van der Waals surface area contributed by atoms with Gasteiger partial charge in [-0.05, 0) is 0 Å². The van der Waals surface area contributed by atoms with Crippen molar-refractivity contribution in [2.45, 2.75) is 6.54 Å². The number of aryl methyl sites for hydroxylation is 1. The summed E-state index contributed by atoms with van der Waals surface area (Å²) in [5.41, 5.74) is 5.95. The van der Waals surface area contributed by atoms with Gasteiger partial charge in [-0.2, -0.15) is 5.10 Å². The van der Waals surface area contributed by atoms with Crippen LogP contribution in [0.1, 0.15) is 5.69 Å². The molecule has 2 N–H and O–H groups in total. The average Bonchev–Trinajstić information content (AvgIpc) is 2.17. The normalized spacial score (nSPS) is 10.4. The molecule has 1 rings (SSSR count). The molecule has 3 nitrogen and oxygen atoms in total. The Morgan fingerprint density at radius 2 is 2.20 bits per heavy atom. The fraction of sp³-hybridized carbons (Fsp3) is 0.400. The molecule has 0 amide bonds. The van der Waals surface area contributed by atoms with Crippen LogP contribution < -0.4 is 5.73 Å². The first-order chi connectivity index (χ1) is 4.66. The summed E-state index contributed by atoms with van der Waals surface area (Å²) in [6.07, 6.45) is 0. The van der Waals surface area contributed by atoms with Crippen molar-refractivity contribution in [3.05, 3.63) is 15.9 Å². The van der Waals surface area contributed by atoms with Gasteiger partial charge < -0.3 is 5.73 Å². The Hall–Kier alpha value is -0.250. The van der Waals surface area contributed by atoms with Crippen LogP contribution in [0, 0.1) is 0 Å². The summed E-state index contributed by atoms with van der Waals surface area (Å²) in [7, 11) is 1.72. The molecule has 0 spiro atoms. The predicted molar refractivity (Wildman–Crippen MR) is 41.1 cm³/mol. The largest absolute Gasteiger partial charge is 0.325 e. The van der Waals surface area contributed by atoms with Crippen molar-refractivity contribution >= 4 is 23.2 Å². The van der Waals surface area contributed by atoms with Crippen LogP contribution in [0.2, 0.25) is 10.2 Å². The van der Waals surface area contributed by atoms with Crippen LogP contribution in [0.5, 0.6) is 0 Å². The molecule has 0 saturated heterocycles. The standard InChI is InChI=1S/C5H7Cl2N3/c1-10-5(7)4(6)3(2-8)9-10/h2,8H2,1H3. The van der Waals surface area contributed by atoms with E-state index < -0.39 is 0 Å². The van der Waals surface area contributed by atoms with Gasteiger partial charge in [-0.25, -0.2) is 0 Å². The van der Waals surface area contributed by atoms with E-state index in [2.05, 4.69) is 5.10 Å². The van der Waals surface area contributed by atoms with Crippen molar-refractivity contribution in [1.82, 2.24) is 9.78 Å². The Morgan fingerprint density at radius 3 is 2.40 bits per heavy atom. The monoisotopic (exact) mass is 179 g/mol. The third-order valence-corrected chi connectivity index (χ3v) is 2.11. The minimum atomic E-state index is 0.319. The maximum Gasteiger partial charge on any atom is 0.145 e. The van der Waals surface area contributed by atoms with Gasteiger partial charge in [0.1, 0.15) is 10.2 Å². The summed E-state index contributed by atoms with van der Waals surface area (Å²) in [5, 5.41) is 4.84. The second kappa shape index (κ2) is 2.78. The molecule has 0 aliphatic carbocycles. The third-order valence-electron chi connectivity index (χ3n) is 1.18. The molecule has 0 atom stereocenters. The Morgan fingerprint density at radius 1 is 1.60 bits per heavy atom. The van der Waals surface area contributed by atoms with Gasteiger partial charge in [0.05, 0.1) is 5.69 Å². The summed E-state index contributed by atoms with van der Waals surface area (Å²) in [6.45, 7) is 0.319. The molecule has 0 saturated carbocycles. The lowest BCUT2D eigenvalue weighted by atomic mass is 10.4. The Labute approximate surface area is 68.7 Å². The number of aromatic nitrogens is 2. The molecule has 10 heavy (non-hydrogen) atoms. The van der Waals surface area contributed by atoms with Gasteiger partial charge in [-0.15, -0.1) is 0 Å². The molecule has 0 aliphatic heterocycles. The number of nitrogens with zero attached hydrogens (tertiary/aromatic N) is 2. The Balaban J connectivity index is 3.17. The minimum absolute atomic E-state index is 0.319. The van der Waals surface area contributed by atoms with Crippen molar-refractivity contribution in [3.8, 4) is 0 Å².